The van der Waals surface area contributed by atoms with E-state index in [2.05, 4.69) is 4.18 Å². The van der Waals surface area contributed by atoms with Gasteiger partial charge in [0, 0.05) is 32.9 Å². The third kappa shape index (κ3) is 8.94. The third-order valence-corrected chi connectivity index (χ3v) is 7.00. The van der Waals surface area contributed by atoms with Crippen LogP contribution in [0.25, 0.3) is 0 Å². The van der Waals surface area contributed by atoms with E-state index in [-0.39, 0.29) is 25.1 Å². The van der Waals surface area contributed by atoms with E-state index in [0.717, 1.165) is 35.7 Å². The monoisotopic (exact) mass is 502 g/mol. The van der Waals surface area contributed by atoms with Crippen LogP contribution in [-0.2, 0) is 24.0 Å². The molecule has 194 valence electrons. The van der Waals surface area contributed by atoms with Gasteiger partial charge in [-0.25, -0.2) is 4.79 Å². The predicted octanol–water partition coefficient (Wildman–Crippen LogP) is 3.21. The third-order valence-electron chi connectivity index (χ3n) is 5.63. The molecule has 2 atom stereocenters. The Balaban J connectivity index is 2.18. The van der Waals surface area contributed by atoms with Crippen molar-refractivity contribution in [3.63, 3.8) is 0 Å². The van der Waals surface area contributed by atoms with Crippen LogP contribution in [0.2, 0.25) is 0 Å². The molecule has 10 nitrogen and oxygen atoms in total. The smallest absolute Gasteiger partial charge is 0.421 e. The second-order valence-corrected chi connectivity index (χ2v) is 9.68. The van der Waals surface area contributed by atoms with Crippen molar-refractivity contribution in [1.82, 2.24) is 4.31 Å². The van der Waals surface area contributed by atoms with Crippen molar-refractivity contribution in [2.75, 3.05) is 46.6 Å². The molecule has 2 rings (SSSR count). The van der Waals surface area contributed by atoms with E-state index in [1.807, 2.05) is 32.0 Å². The molecular weight excluding hydrogens is 464 g/mol. The van der Waals surface area contributed by atoms with E-state index < -0.39 is 16.4 Å². The van der Waals surface area contributed by atoms with Gasteiger partial charge in [0.05, 0.1) is 12.7 Å². The SMILES string of the molecule is CCCN(CCC(CC)c1ccc(OCCOC)cc1OCC1CCCO1)S(=O)(=O)OC(N)=O. The second kappa shape index (κ2) is 14.3. The molecule has 1 aromatic carbocycles. The van der Waals surface area contributed by atoms with Crippen LogP contribution in [0.3, 0.4) is 0 Å². The summed E-state index contributed by atoms with van der Waals surface area (Å²) in [5.41, 5.74) is 5.90. The average molecular weight is 503 g/mol. The molecule has 0 radical (unpaired) electrons. The van der Waals surface area contributed by atoms with Crippen molar-refractivity contribution in [2.24, 2.45) is 5.73 Å². The zero-order valence-corrected chi connectivity index (χ0v) is 21.2. The van der Waals surface area contributed by atoms with Crippen LogP contribution in [0.1, 0.15) is 57.4 Å². The number of rotatable bonds is 16. The van der Waals surface area contributed by atoms with Gasteiger partial charge in [-0.1, -0.05) is 19.9 Å². The van der Waals surface area contributed by atoms with Crippen LogP contribution >= 0.6 is 0 Å². The van der Waals surface area contributed by atoms with Crippen molar-refractivity contribution >= 4 is 16.4 Å². The first-order chi connectivity index (χ1) is 16.3. The highest BCUT2D eigenvalue weighted by Crippen LogP contribution is 2.35. The summed E-state index contributed by atoms with van der Waals surface area (Å²) in [6.07, 6.45) is 2.54. The van der Waals surface area contributed by atoms with Gasteiger partial charge in [0.15, 0.2) is 0 Å². The molecule has 1 aliphatic heterocycles. The number of ether oxygens (including phenoxy) is 4. The number of nitrogens with zero attached hydrogens (tertiary/aromatic N) is 1. The summed E-state index contributed by atoms with van der Waals surface area (Å²) in [6, 6.07) is 5.70. The number of benzene rings is 1. The molecule has 2 N–H and O–H groups in total. The fourth-order valence-corrected chi connectivity index (χ4v) is 4.94. The Hall–Kier alpha value is -2.08. The first-order valence-corrected chi connectivity index (χ1v) is 13.2. The average Bonchev–Trinajstić information content (AvgIpc) is 3.31. The van der Waals surface area contributed by atoms with E-state index in [4.69, 9.17) is 24.7 Å². The number of methoxy groups -OCH3 is 1. The maximum atomic E-state index is 12.4. The largest absolute Gasteiger partial charge is 0.491 e. The Kier molecular flexibility index (Phi) is 11.9. The zero-order chi connectivity index (χ0) is 25.0. The number of primary amides is 1. The number of amides is 1. The van der Waals surface area contributed by atoms with E-state index >= 15 is 0 Å². The van der Waals surface area contributed by atoms with E-state index in [1.165, 1.54) is 0 Å². The van der Waals surface area contributed by atoms with Crippen molar-refractivity contribution in [3.05, 3.63) is 23.8 Å². The van der Waals surface area contributed by atoms with Gasteiger partial charge >= 0.3 is 16.4 Å². The molecule has 1 fully saturated rings. The van der Waals surface area contributed by atoms with Crippen LogP contribution < -0.4 is 15.2 Å². The lowest BCUT2D eigenvalue weighted by molar-refractivity contribution is 0.0673. The highest BCUT2D eigenvalue weighted by molar-refractivity contribution is 7.84. The van der Waals surface area contributed by atoms with Gasteiger partial charge in [0.1, 0.15) is 24.7 Å². The molecule has 2 unspecified atom stereocenters. The molecule has 1 aliphatic rings. The van der Waals surface area contributed by atoms with Gasteiger partial charge in [-0.2, -0.15) is 12.7 Å². The predicted molar refractivity (Wildman–Crippen MR) is 127 cm³/mol. The lowest BCUT2D eigenvalue weighted by atomic mass is 9.92. The van der Waals surface area contributed by atoms with Crippen LogP contribution in [0.15, 0.2) is 18.2 Å². The topological polar surface area (TPSA) is 127 Å². The Morgan fingerprint density at radius 1 is 1.24 bits per heavy atom. The molecule has 1 aromatic rings. The Labute approximate surface area is 202 Å². The van der Waals surface area contributed by atoms with E-state index in [9.17, 15) is 13.2 Å². The first kappa shape index (κ1) is 28.2. The van der Waals surface area contributed by atoms with E-state index in [0.29, 0.717) is 44.2 Å². The normalized spacial score (nSPS) is 17.0. The summed E-state index contributed by atoms with van der Waals surface area (Å²) < 4.78 is 53.0. The van der Waals surface area contributed by atoms with Gasteiger partial charge in [-0.15, -0.1) is 0 Å². The Morgan fingerprint density at radius 3 is 2.65 bits per heavy atom. The minimum absolute atomic E-state index is 0.00987. The van der Waals surface area contributed by atoms with Crippen molar-refractivity contribution in [1.29, 1.82) is 0 Å². The van der Waals surface area contributed by atoms with Gasteiger partial charge < -0.3 is 28.9 Å². The number of hydrogen-bond acceptors (Lipinski definition) is 8. The standard InChI is InChI=1S/C23H38N2O8S/c1-4-11-25(34(27,28)33-23(24)26)12-10-18(5-2)21-9-8-19(31-15-14-29-3)16-22(21)32-17-20-7-6-13-30-20/h8-9,16,18,20H,4-7,10-15,17H2,1-3H3,(H2,24,26). The number of carbonyl (C=O) groups excluding carboxylic acids is 1. The van der Waals surface area contributed by atoms with Crippen molar-refractivity contribution in [3.8, 4) is 11.5 Å². The quantitative estimate of drug-likeness (QED) is 0.342. The van der Waals surface area contributed by atoms with Crippen LogP contribution in [0.5, 0.6) is 11.5 Å². The van der Waals surface area contributed by atoms with Crippen LogP contribution in [0.4, 0.5) is 4.79 Å². The Morgan fingerprint density at radius 2 is 2.03 bits per heavy atom. The van der Waals surface area contributed by atoms with Crippen LogP contribution in [0, 0.1) is 0 Å². The van der Waals surface area contributed by atoms with Crippen LogP contribution in [-0.4, -0.2) is 71.5 Å². The first-order valence-electron chi connectivity index (χ1n) is 11.8. The molecule has 1 heterocycles. The fraction of sp³-hybridized carbons (Fsp3) is 0.696. The number of carbonyl (C=O) groups is 1. The lowest BCUT2D eigenvalue weighted by Gasteiger charge is -2.25. The Bertz CT molecular complexity index is 859. The molecule has 0 bridgehead atoms. The maximum Gasteiger partial charge on any atom is 0.421 e. The molecule has 0 aromatic heterocycles. The molecule has 0 saturated carbocycles. The van der Waals surface area contributed by atoms with Gasteiger partial charge in [0.2, 0.25) is 0 Å². The molecule has 1 amide bonds. The molecular formula is C23H38N2O8S. The summed E-state index contributed by atoms with van der Waals surface area (Å²) in [4.78, 5) is 11.0. The number of hydrogen-bond donors (Lipinski definition) is 1. The molecule has 0 spiro atoms. The van der Waals surface area contributed by atoms with E-state index in [1.54, 1.807) is 7.11 Å². The summed E-state index contributed by atoms with van der Waals surface area (Å²) in [5.74, 6) is 1.37. The van der Waals surface area contributed by atoms with Crippen molar-refractivity contribution in [2.45, 2.75) is 58.0 Å². The highest BCUT2D eigenvalue weighted by Gasteiger charge is 2.27. The second-order valence-electron chi connectivity index (χ2n) is 8.14. The highest BCUT2D eigenvalue weighted by atomic mass is 32.2. The number of nitrogens with two attached hydrogens (primary N) is 1. The fourth-order valence-electron chi connectivity index (χ4n) is 3.89. The maximum absolute atomic E-state index is 12.4. The van der Waals surface area contributed by atoms with Gasteiger partial charge in [-0.05, 0) is 49.7 Å². The molecule has 34 heavy (non-hydrogen) atoms. The summed E-state index contributed by atoms with van der Waals surface area (Å²) >= 11 is 0. The molecule has 11 heteroatoms. The summed E-state index contributed by atoms with van der Waals surface area (Å²) in [6.45, 7) is 6.36. The lowest BCUT2D eigenvalue weighted by Crippen LogP contribution is -2.37. The minimum Gasteiger partial charge on any atom is -0.491 e. The summed E-state index contributed by atoms with van der Waals surface area (Å²) in [5, 5.41) is 0. The molecule has 0 aliphatic carbocycles. The van der Waals surface area contributed by atoms with Gasteiger partial charge in [-0.3, -0.25) is 0 Å². The molecule has 1 saturated heterocycles. The zero-order valence-electron chi connectivity index (χ0n) is 20.4. The minimum atomic E-state index is -4.24. The summed E-state index contributed by atoms with van der Waals surface area (Å²) in [7, 11) is -2.63. The van der Waals surface area contributed by atoms with Gasteiger partial charge in [0.25, 0.3) is 0 Å². The van der Waals surface area contributed by atoms with Crippen molar-refractivity contribution < 1.29 is 36.3 Å².